The van der Waals surface area contributed by atoms with Gasteiger partial charge in [0.05, 0.1) is 12.0 Å². The van der Waals surface area contributed by atoms with Crippen LogP contribution in [0.1, 0.15) is 27.2 Å². The van der Waals surface area contributed by atoms with E-state index >= 15 is 0 Å². The maximum atomic E-state index is 11.9. The van der Waals surface area contributed by atoms with Gasteiger partial charge in [0.15, 0.2) is 0 Å². The predicted octanol–water partition coefficient (Wildman–Crippen LogP) is 0.518. The Morgan fingerprint density at radius 3 is 2.04 bits per heavy atom. The molecule has 0 radical (unpaired) electrons. The maximum Gasteiger partial charge on any atom is 0.333 e. The van der Waals surface area contributed by atoms with Crippen molar-refractivity contribution in [2.45, 2.75) is 33.3 Å². The molecule has 25 heavy (non-hydrogen) atoms. The molecular weight excluding hydrogens is 332 g/mol. The molecule has 0 aromatic heterocycles. The molecule has 0 aliphatic heterocycles. The third kappa shape index (κ3) is 9.02. The molecule has 0 aliphatic carbocycles. The first kappa shape index (κ1) is 22.8. The summed E-state index contributed by atoms with van der Waals surface area (Å²) < 4.78 is 14.4. The van der Waals surface area contributed by atoms with E-state index in [4.69, 9.17) is 19.3 Å². The zero-order valence-electron chi connectivity index (χ0n) is 14.9. The van der Waals surface area contributed by atoms with Gasteiger partial charge in [-0.15, -0.1) is 0 Å². The quantitative estimate of drug-likeness (QED) is 0.312. The van der Waals surface area contributed by atoms with Gasteiger partial charge in [-0.3, -0.25) is 4.79 Å². The fourth-order valence-corrected chi connectivity index (χ4v) is 1.63. The van der Waals surface area contributed by atoms with Crippen LogP contribution in [0.4, 0.5) is 0 Å². The lowest BCUT2D eigenvalue weighted by atomic mass is 9.86. The van der Waals surface area contributed by atoms with Crippen LogP contribution in [0.2, 0.25) is 0 Å². The van der Waals surface area contributed by atoms with Crippen molar-refractivity contribution < 1.29 is 38.8 Å². The van der Waals surface area contributed by atoms with E-state index in [1.165, 1.54) is 6.92 Å². The van der Waals surface area contributed by atoms with Crippen LogP contribution in [0, 0.1) is 5.41 Å². The first-order valence-corrected chi connectivity index (χ1v) is 7.65. The number of hydrogen-bond acceptors (Lipinski definition) is 8. The first-order chi connectivity index (χ1) is 11.5. The number of ether oxygens (including phenoxy) is 3. The molecule has 8 nitrogen and oxygen atoms in total. The van der Waals surface area contributed by atoms with Crippen molar-refractivity contribution in [2.75, 3.05) is 26.4 Å². The molecule has 1 unspecified atom stereocenters. The molecule has 0 spiro atoms. The van der Waals surface area contributed by atoms with Crippen molar-refractivity contribution in [1.29, 1.82) is 0 Å². The van der Waals surface area contributed by atoms with Gasteiger partial charge in [-0.25, -0.2) is 9.59 Å². The summed E-state index contributed by atoms with van der Waals surface area (Å²) in [6, 6.07) is 0. The maximum absolute atomic E-state index is 11.9. The lowest BCUT2D eigenvalue weighted by molar-refractivity contribution is -0.155. The molecule has 0 aliphatic rings. The summed E-state index contributed by atoms with van der Waals surface area (Å²) in [4.78, 5) is 34.9. The predicted molar refractivity (Wildman–Crippen MR) is 88.3 cm³/mol. The molecule has 0 aromatic carbocycles. The third-order valence-electron chi connectivity index (χ3n) is 2.98. The van der Waals surface area contributed by atoms with Gasteiger partial charge in [0.25, 0.3) is 0 Å². The Balaban J connectivity index is 4.33. The molecule has 0 rings (SSSR count). The molecule has 0 fully saturated rings. The Bertz CT molecular complexity index is 521. The van der Waals surface area contributed by atoms with E-state index in [0.717, 1.165) is 0 Å². The van der Waals surface area contributed by atoms with Crippen molar-refractivity contribution in [1.82, 2.24) is 0 Å². The third-order valence-corrected chi connectivity index (χ3v) is 2.98. The Labute approximate surface area is 147 Å². The van der Waals surface area contributed by atoms with Gasteiger partial charge < -0.3 is 24.4 Å². The lowest BCUT2D eigenvalue weighted by Gasteiger charge is -2.23. The molecule has 8 heteroatoms. The van der Waals surface area contributed by atoms with E-state index in [-0.39, 0.29) is 37.4 Å². The number of esters is 3. The minimum absolute atomic E-state index is 0.0170. The Hall–Kier alpha value is -2.19. The Kier molecular flexibility index (Phi) is 9.70. The Morgan fingerprint density at radius 1 is 1.04 bits per heavy atom. The summed E-state index contributed by atoms with van der Waals surface area (Å²) in [5.41, 5.74) is -0.814. The van der Waals surface area contributed by atoms with Crippen molar-refractivity contribution in [3.63, 3.8) is 0 Å². The highest BCUT2D eigenvalue weighted by Gasteiger charge is 2.32. The molecule has 0 saturated carbocycles. The van der Waals surface area contributed by atoms with Gasteiger partial charge in [-0.1, -0.05) is 13.2 Å². The van der Waals surface area contributed by atoms with Gasteiger partial charge in [-0.2, -0.15) is 0 Å². The minimum atomic E-state index is -1.19. The SMILES string of the molecule is C=C(C)C(=O)OCC(O)COC(=O)C(=C)CC(C)(C)C(=O)OCCO. The molecule has 2 N–H and O–H groups in total. The van der Waals surface area contributed by atoms with Gasteiger partial charge in [0, 0.05) is 11.1 Å². The molecule has 0 saturated heterocycles. The van der Waals surface area contributed by atoms with E-state index in [1.807, 2.05) is 0 Å². The summed E-state index contributed by atoms with van der Waals surface area (Å²) >= 11 is 0. The van der Waals surface area contributed by atoms with Crippen LogP contribution in [0.5, 0.6) is 0 Å². The lowest BCUT2D eigenvalue weighted by Crippen LogP contribution is -2.30. The molecule has 1 atom stereocenters. The second kappa shape index (κ2) is 10.6. The molecule has 0 bridgehead atoms. The zero-order chi connectivity index (χ0) is 19.6. The molecule has 142 valence electrons. The summed E-state index contributed by atoms with van der Waals surface area (Å²) in [7, 11) is 0. The smallest absolute Gasteiger partial charge is 0.333 e. The second-order valence-electron chi connectivity index (χ2n) is 6.15. The summed E-state index contributed by atoms with van der Waals surface area (Å²) in [6.07, 6.45) is -1.21. The van der Waals surface area contributed by atoms with E-state index in [0.29, 0.717) is 0 Å². The van der Waals surface area contributed by atoms with Crippen molar-refractivity contribution in [3.8, 4) is 0 Å². The first-order valence-electron chi connectivity index (χ1n) is 7.65. The van der Waals surface area contributed by atoms with Crippen molar-refractivity contribution in [2.24, 2.45) is 5.41 Å². The van der Waals surface area contributed by atoms with E-state index < -0.39 is 36.0 Å². The summed E-state index contributed by atoms with van der Waals surface area (Å²) in [5, 5.41) is 18.3. The number of hydrogen-bond donors (Lipinski definition) is 2. The van der Waals surface area contributed by atoms with Crippen LogP contribution in [-0.4, -0.2) is 60.7 Å². The van der Waals surface area contributed by atoms with Crippen LogP contribution < -0.4 is 0 Å². The number of carbonyl (C=O) groups excluding carboxylic acids is 3. The van der Waals surface area contributed by atoms with Gasteiger partial charge in [0.2, 0.25) is 0 Å². The molecule has 0 amide bonds. The standard InChI is InChI=1S/C17H26O8/c1-11(2)14(20)24-9-13(19)10-25-15(21)12(3)8-17(4,5)16(22)23-7-6-18/h13,18-19H,1,3,6-10H2,2,4-5H3. The van der Waals surface area contributed by atoms with Crippen LogP contribution >= 0.6 is 0 Å². The number of carbonyl (C=O) groups is 3. The van der Waals surface area contributed by atoms with Crippen LogP contribution in [0.15, 0.2) is 24.3 Å². The summed E-state index contributed by atoms with van der Waals surface area (Å²) in [6.45, 7) is 10.4. The van der Waals surface area contributed by atoms with Crippen LogP contribution in [0.3, 0.4) is 0 Å². The average molecular weight is 358 g/mol. The summed E-state index contributed by atoms with van der Waals surface area (Å²) in [5.74, 6) is -2.02. The second-order valence-corrected chi connectivity index (χ2v) is 6.15. The topological polar surface area (TPSA) is 119 Å². The number of aliphatic hydroxyl groups is 2. The molecule has 0 aromatic rings. The van der Waals surface area contributed by atoms with Crippen LogP contribution in [-0.2, 0) is 28.6 Å². The minimum Gasteiger partial charge on any atom is -0.463 e. The fourth-order valence-electron chi connectivity index (χ4n) is 1.63. The van der Waals surface area contributed by atoms with Gasteiger partial charge in [0.1, 0.15) is 25.9 Å². The van der Waals surface area contributed by atoms with E-state index in [1.54, 1.807) is 13.8 Å². The Morgan fingerprint density at radius 2 is 1.56 bits per heavy atom. The normalized spacial score (nSPS) is 12.0. The average Bonchev–Trinajstić information content (AvgIpc) is 2.54. The largest absolute Gasteiger partial charge is 0.463 e. The number of rotatable bonds is 11. The van der Waals surface area contributed by atoms with Gasteiger partial charge in [-0.05, 0) is 27.2 Å². The van der Waals surface area contributed by atoms with E-state index in [2.05, 4.69) is 13.2 Å². The highest BCUT2D eigenvalue weighted by Crippen LogP contribution is 2.26. The number of aliphatic hydroxyl groups excluding tert-OH is 2. The van der Waals surface area contributed by atoms with Gasteiger partial charge >= 0.3 is 17.9 Å². The van der Waals surface area contributed by atoms with Crippen molar-refractivity contribution in [3.05, 3.63) is 24.3 Å². The zero-order valence-corrected chi connectivity index (χ0v) is 14.9. The molecule has 0 heterocycles. The monoisotopic (exact) mass is 358 g/mol. The van der Waals surface area contributed by atoms with Crippen LogP contribution in [0.25, 0.3) is 0 Å². The van der Waals surface area contributed by atoms with Crippen molar-refractivity contribution >= 4 is 17.9 Å². The van der Waals surface area contributed by atoms with E-state index in [9.17, 15) is 19.5 Å². The fraction of sp³-hybridized carbons (Fsp3) is 0.588. The highest BCUT2D eigenvalue weighted by atomic mass is 16.6. The highest BCUT2D eigenvalue weighted by molar-refractivity contribution is 5.89. The molecular formula is C17H26O8.